The van der Waals surface area contributed by atoms with Crippen LogP contribution >= 0.6 is 0 Å². The molecular formula is C9H16N2O. The van der Waals surface area contributed by atoms with Crippen LogP contribution in [0.3, 0.4) is 0 Å². The Kier molecular flexibility index (Phi) is 2.05. The molecule has 3 nitrogen and oxygen atoms in total. The maximum atomic E-state index is 11.2. The summed E-state index contributed by atoms with van der Waals surface area (Å²) in [4.78, 5) is 13.3. The van der Waals surface area contributed by atoms with Crippen LogP contribution < -0.4 is 5.32 Å². The number of nitrogens with one attached hydrogen (secondary N) is 1. The molecule has 0 bridgehead atoms. The summed E-state index contributed by atoms with van der Waals surface area (Å²) in [6.07, 6.45) is 3.55. The number of hydrogen-bond acceptors (Lipinski definition) is 2. The number of nitrogens with zero attached hydrogens (tertiary/aromatic N) is 1. The predicted octanol–water partition coefficient (Wildman–Crippen LogP) is 0.359. The van der Waals surface area contributed by atoms with Crippen molar-refractivity contribution in [1.82, 2.24) is 10.2 Å². The molecule has 12 heavy (non-hydrogen) atoms. The quantitative estimate of drug-likeness (QED) is 0.566. The molecule has 2 fully saturated rings. The second-order valence-corrected chi connectivity index (χ2v) is 3.77. The van der Waals surface area contributed by atoms with Gasteiger partial charge in [0.1, 0.15) is 0 Å². The van der Waals surface area contributed by atoms with Crippen LogP contribution in [0.5, 0.6) is 0 Å². The molecule has 68 valence electrons. The number of amides is 1. The average molecular weight is 168 g/mol. The molecule has 2 atom stereocenters. The molecular weight excluding hydrogens is 152 g/mol. The zero-order valence-corrected chi connectivity index (χ0v) is 7.55. The van der Waals surface area contributed by atoms with Crippen LogP contribution in [-0.4, -0.2) is 36.0 Å². The van der Waals surface area contributed by atoms with E-state index in [1.807, 2.05) is 4.90 Å². The molecule has 0 aromatic rings. The Labute approximate surface area is 73.1 Å². The third-order valence-electron chi connectivity index (χ3n) is 3.03. The third kappa shape index (κ3) is 1.22. The maximum Gasteiger partial charge on any atom is 0.219 e. The summed E-state index contributed by atoms with van der Waals surface area (Å²) in [5.74, 6) is 0.244. The summed E-state index contributed by atoms with van der Waals surface area (Å²) < 4.78 is 0. The smallest absolute Gasteiger partial charge is 0.219 e. The molecule has 1 unspecified atom stereocenters. The number of rotatable bonds is 0. The molecule has 0 aromatic heterocycles. The molecule has 1 amide bonds. The van der Waals surface area contributed by atoms with E-state index < -0.39 is 0 Å². The number of hydrogen-bond donors (Lipinski definition) is 1. The molecule has 2 rings (SSSR count). The van der Waals surface area contributed by atoms with E-state index in [0.29, 0.717) is 12.1 Å². The van der Waals surface area contributed by atoms with Crippen molar-refractivity contribution in [3.8, 4) is 0 Å². The number of piperidine rings is 1. The zero-order chi connectivity index (χ0) is 8.55. The van der Waals surface area contributed by atoms with Gasteiger partial charge in [0, 0.05) is 25.6 Å². The first-order valence-corrected chi connectivity index (χ1v) is 4.79. The van der Waals surface area contributed by atoms with Gasteiger partial charge in [0.15, 0.2) is 0 Å². The van der Waals surface area contributed by atoms with Gasteiger partial charge in [-0.3, -0.25) is 4.79 Å². The standard InChI is InChI=1S/C9H16N2O/c1-7(12)11-6-2-3-8-9(11)4-5-10-8/h8-10H,2-6H2,1H3/t8-,9?/m1/s1. The fourth-order valence-electron chi connectivity index (χ4n) is 2.46. The van der Waals surface area contributed by atoms with E-state index in [1.165, 1.54) is 6.42 Å². The van der Waals surface area contributed by atoms with Crippen LogP contribution in [0.1, 0.15) is 26.2 Å². The first kappa shape index (κ1) is 8.05. The van der Waals surface area contributed by atoms with Crippen molar-refractivity contribution in [2.75, 3.05) is 13.1 Å². The van der Waals surface area contributed by atoms with Crippen molar-refractivity contribution in [2.45, 2.75) is 38.3 Å². The van der Waals surface area contributed by atoms with Crippen molar-refractivity contribution in [3.63, 3.8) is 0 Å². The Morgan fingerprint density at radius 3 is 3.08 bits per heavy atom. The van der Waals surface area contributed by atoms with E-state index in [0.717, 1.165) is 25.9 Å². The van der Waals surface area contributed by atoms with Crippen molar-refractivity contribution >= 4 is 5.91 Å². The zero-order valence-electron chi connectivity index (χ0n) is 7.55. The number of likely N-dealkylation sites (tertiary alicyclic amines) is 1. The van der Waals surface area contributed by atoms with Crippen LogP contribution in [-0.2, 0) is 4.79 Å². The van der Waals surface area contributed by atoms with Crippen LogP contribution in [0.4, 0.5) is 0 Å². The topological polar surface area (TPSA) is 32.3 Å². The SMILES string of the molecule is CC(=O)N1CCC[C@H]2NCCC21. The molecule has 0 aromatic carbocycles. The van der Waals surface area contributed by atoms with Gasteiger partial charge in [-0.2, -0.15) is 0 Å². The second kappa shape index (κ2) is 3.05. The summed E-state index contributed by atoms with van der Waals surface area (Å²) >= 11 is 0. The van der Waals surface area contributed by atoms with Gasteiger partial charge in [-0.05, 0) is 25.8 Å². The Morgan fingerprint density at radius 1 is 1.50 bits per heavy atom. The minimum atomic E-state index is 0.244. The van der Waals surface area contributed by atoms with Gasteiger partial charge in [0.25, 0.3) is 0 Å². The van der Waals surface area contributed by atoms with E-state index in [2.05, 4.69) is 5.32 Å². The highest BCUT2D eigenvalue weighted by molar-refractivity contribution is 5.73. The van der Waals surface area contributed by atoms with Crippen molar-refractivity contribution < 1.29 is 4.79 Å². The van der Waals surface area contributed by atoms with Crippen LogP contribution in [0.2, 0.25) is 0 Å². The molecule has 2 aliphatic heterocycles. The molecule has 2 aliphatic rings. The van der Waals surface area contributed by atoms with Crippen LogP contribution in [0, 0.1) is 0 Å². The van der Waals surface area contributed by atoms with Crippen molar-refractivity contribution in [1.29, 1.82) is 0 Å². The Balaban J connectivity index is 2.08. The van der Waals surface area contributed by atoms with E-state index in [4.69, 9.17) is 0 Å². The second-order valence-electron chi connectivity index (χ2n) is 3.77. The fraction of sp³-hybridized carbons (Fsp3) is 0.889. The van der Waals surface area contributed by atoms with Gasteiger partial charge in [-0.1, -0.05) is 0 Å². The lowest BCUT2D eigenvalue weighted by Gasteiger charge is -2.36. The van der Waals surface area contributed by atoms with E-state index >= 15 is 0 Å². The summed E-state index contributed by atoms with van der Waals surface area (Å²) in [6.45, 7) is 3.73. The number of carbonyl (C=O) groups is 1. The van der Waals surface area contributed by atoms with Gasteiger partial charge in [-0.15, -0.1) is 0 Å². The fourth-order valence-corrected chi connectivity index (χ4v) is 2.46. The van der Waals surface area contributed by atoms with Crippen molar-refractivity contribution in [3.05, 3.63) is 0 Å². The van der Waals surface area contributed by atoms with E-state index in [-0.39, 0.29) is 5.91 Å². The van der Waals surface area contributed by atoms with E-state index in [1.54, 1.807) is 6.92 Å². The monoisotopic (exact) mass is 168 g/mol. The van der Waals surface area contributed by atoms with Crippen LogP contribution in [0.25, 0.3) is 0 Å². The lowest BCUT2D eigenvalue weighted by Crippen LogP contribution is -2.50. The Morgan fingerprint density at radius 2 is 2.33 bits per heavy atom. The minimum absolute atomic E-state index is 0.244. The largest absolute Gasteiger partial charge is 0.338 e. The Bertz CT molecular complexity index is 193. The Hall–Kier alpha value is -0.570. The first-order chi connectivity index (χ1) is 5.79. The lowest BCUT2D eigenvalue weighted by molar-refractivity contribution is -0.132. The summed E-state index contributed by atoms with van der Waals surface area (Å²) in [7, 11) is 0. The van der Waals surface area contributed by atoms with Gasteiger partial charge in [0.05, 0.1) is 0 Å². The summed E-state index contributed by atoms with van der Waals surface area (Å²) in [6, 6.07) is 1.08. The molecule has 1 N–H and O–H groups in total. The maximum absolute atomic E-state index is 11.2. The molecule has 0 saturated carbocycles. The predicted molar refractivity (Wildman–Crippen MR) is 46.8 cm³/mol. The number of fused-ring (bicyclic) bond motifs is 1. The molecule has 0 spiro atoms. The molecule has 3 heteroatoms. The third-order valence-corrected chi connectivity index (χ3v) is 3.03. The van der Waals surface area contributed by atoms with Gasteiger partial charge < -0.3 is 10.2 Å². The van der Waals surface area contributed by atoms with Gasteiger partial charge in [0.2, 0.25) is 5.91 Å². The molecule has 0 radical (unpaired) electrons. The normalized spacial score (nSPS) is 34.9. The first-order valence-electron chi connectivity index (χ1n) is 4.79. The summed E-state index contributed by atoms with van der Waals surface area (Å²) in [5, 5.41) is 3.45. The molecule has 2 heterocycles. The van der Waals surface area contributed by atoms with Gasteiger partial charge >= 0.3 is 0 Å². The minimum Gasteiger partial charge on any atom is -0.338 e. The van der Waals surface area contributed by atoms with E-state index in [9.17, 15) is 4.79 Å². The summed E-state index contributed by atoms with van der Waals surface area (Å²) in [5.41, 5.74) is 0. The highest BCUT2D eigenvalue weighted by Crippen LogP contribution is 2.23. The molecule has 0 aliphatic carbocycles. The highest BCUT2D eigenvalue weighted by Gasteiger charge is 2.35. The average Bonchev–Trinajstić information content (AvgIpc) is 2.49. The van der Waals surface area contributed by atoms with Gasteiger partial charge in [-0.25, -0.2) is 0 Å². The highest BCUT2D eigenvalue weighted by atomic mass is 16.2. The lowest BCUT2D eigenvalue weighted by atomic mass is 9.97. The van der Waals surface area contributed by atoms with Crippen molar-refractivity contribution in [2.24, 2.45) is 0 Å². The van der Waals surface area contributed by atoms with Crippen LogP contribution in [0.15, 0.2) is 0 Å². The number of carbonyl (C=O) groups excluding carboxylic acids is 1. The molecule has 2 saturated heterocycles.